The molecule has 0 radical (unpaired) electrons. The van der Waals surface area contributed by atoms with Crippen molar-refractivity contribution in [2.75, 3.05) is 7.11 Å². The summed E-state index contributed by atoms with van der Waals surface area (Å²) in [6.45, 7) is 8.23. The Labute approximate surface area is 129 Å². The van der Waals surface area contributed by atoms with E-state index in [4.69, 9.17) is 9.31 Å². The summed E-state index contributed by atoms with van der Waals surface area (Å²) in [6.07, 6.45) is 7.90. The van der Waals surface area contributed by atoms with Gasteiger partial charge in [0.15, 0.2) is 0 Å². The van der Waals surface area contributed by atoms with Gasteiger partial charge in [0.2, 0.25) is 0 Å². The molecule has 1 saturated heterocycles. The largest absolute Gasteiger partial charge is 0.486 e. The zero-order chi connectivity index (χ0) is 15.9. The molecular weight excluding hydrogens is 267 g/mol. The minimum Gasteiger partial charge on any atom is -0.469 e. The van der Waals surface area contributed by atoms with Crippen molar-refractivity contribution in [3.63, 3.8) is 0 Å². The molecule has 0 amide bonds. The topological polar surface area (TPSA) is 44.8 Å². The zero-order valence-electron chi connectivity index (χ0n) is 14.1. The Hall–Kier alpha value is -0.805. The van der Waals surface area contributed by atoms with E-state index in [0.29, 0.717) is 6.42 Å². The predicted octanol–water partition coefficient (Wildman–Crippen LogP) is 3.69. The fourth-order valence-electron chi connectivity index (χ4n) is 2.16. The monoisotopic (exact) mass is 296 g/mol. The first-order valence-electron chi connectivity index (χ1n) is 7.87. The molecule has 0 aliphatic carbocycles. The van der Waals surface area contributed by atoms with E-state index in [0.717, 1.165) is 32.1 Å². The highest BCUT2D eigenvalue weighted by Crippen LogP contribution is 2.36. The van der Waals surface area contributed by atoms with Crippen LogP contribution in [0.15, 0.2) is 12.1 Å². The fourth-order valence-corrected chi connectivity index (χ4v) is 2.16. The van der Waals surface area contributed by atoms with E-state index in [9.17, 15) is 4.79 Å². The molecule has 0 atom stereocenters. The normalized spacial score (nSPS) is 20.1. The van der Waals surface area contributed by atoms with Crippen LogP contribution in [0.25, 0.3) is 0 Å². The summed E-state index contributed by atoms with van der Waals surface area (Å²) in [5.41, 5.74) is -0.536. The van der Waals surface area contributed by atoms with Crippen molar-refractivity contribution in [1.29, 1.82) is 0 Å². The van der Waals surface area contributed by atoms with Gasteiger partial charge in [-0.1, -0.05) is 24.9 Å². The molecule has 0 unspecified atom stereocenters. The second kappa shape index (κ2) is 7.99. The minimum atomic E-state index is -0.268. The Morgan fingerprint density at radius 3 is 2.19 bits per heavy atom. The van der Waals surface area contributed by atoms with Crippen LogP contribution in [-0.4, -0.2) is 31.4 Å². The van der Waals surface area contributed by atoms with E-state index in [1.165, 1.54) is 7.11 Å². The number of hydrogen-bond acceptors (Lipinski definition) is 4. The van der Waals surface area contributed by atoms with Gasteiger partial charge in [-0.05, 0) is 47.0 Å². The first-order valence-corrected chi connectivity index (χ1v) is 7.87. The van der Waals surface area contributed by atoms with E-state index >= 15 is 0 Å². The molecule has 1 aliphatic heterocycles. The van der Waals surface area contributed by atoms with Crippen molar-refractivity contribution in [1.82, 2.24) is 0 Å². The van der Waals surface area contributed by atoms with Crippen LogP contribution in [0.2, 0.25) is 0 Å². The molecule has 120 valence electrons. The predicted molar refractivity (Wildman–Crippen MR) is 84.9 cm³/mol. The molecule has 1 aliphatic rings. The lowest BCUT2D eigenvalue weighted by Gasteiger charge is -2.32. The number of esters is 1. The molecule has 0 aromatic rings. The Morgan fingerprint density at radius 1 is 1.05 bits per heavy atom. The SMILES string of the molecule is COC(=O)CCCCCC/C=C/B1OC(C)(C)C(C)(C)O1. The molecule has 1 heterocycles. The quantitative estimate of drug-likeness (QED) is 0.389. The van der Waals surface area contributed by atoms with Crippen LogP contribution < -0.4 is 0 Å². The van der Waals surface area contributed by atoms with Gasteiger partial charge in [-0.2, -0.15) is 0 Å². The number of unbranched alkanes of at least 4 members (excludes halogenated alkanes) is 4. The first kappa shape index (κ1) is 18.2. The van der Waals surface area contributed by atoms with Crippen molar-refractivity contribution in [3.8, 4) is 0 Å². The molecule has 4 nitrogen and oxygen atoms in total. The van der Waals surface area contributed by atoms with Crippen LogP contribution in [-0.2, 0) is 18.8 Å². The van der Waals surface area contributed by atoms with E-state index in [2.05, 4.69) is 38.5 Å². The summed E-state index contributed by atoms with van der Waals surface area (Å²) in [6, 6.07) is 0. The molecular formula is C16H29BO4. The maximum absolute atomic E-state index is 10.9. The van der Waals surface area contributed by atoms with Gasteiger partial charge in [-0.3, -0.25) is 4.79 Å². The second-order valence-corrected chi connectivity index (χ2v) is 6.58. The summed E-state index contributed by atoms with van der Waals surface area (Å²) in [7, 11) is 1.19. The maximum Gasteiger partial charge on any atom is 0.486 e. The number of ether oxygens (including phenoxy) is 1. The fraction of sp³-hybridized carbons (Fsp3) is 0.812. The van der Waals surface area contributed by atoms with Crippen molar-refractivity contribution in [2.45, 2.75) is 77.4 Å². The van der Waals surface area contributed by atoms with E-state index < -0.39 is 0 Å². The van der Waals surface area contributed by atoms with Crippen molar-refractivity contribution in [2.24, 2.45) is 0 Å². The third kappa shape index (κ3) is 5.83. The molecule has 0 spiro atoms. The molecule has 1 fully saturated rings. The average molecular weight is 296 g/mol. The smallest absolute Gasteiger partial charge is 0.469 e. The summed E-state index contributed by atoms with van der Waals surface area (Å²) < 4.78 is 16.4. The third-order valence-corrected chi connectivity index (χ3v) is 4.29. The van der Waals surface area contributed by atoms with Crippen LogP contribution in [0.1, 0.15) is 66.2 Å². The average Bonchev–Trinajstić information content (AvgIpc) is 2.60. The maximum atomic E-state index is 10.9. The van der Waals surface area contributed by atoms with Crippen LogP contribution in [0, 0.1) is 0 Å². The Morgan fingerprint density at radius 2 is 1.62 bits per heavy atom. The molecule has 5 heteroatoms. The second-order valence-electron chi connectivity index (χ2n) is 6.58. The van der Waals surface area contributed by atoms with Gasteiger partial charge >= 0.3 is 13.1 Å². The molecule has 1 rings (SSSR count). The standard InChI is InChI=1S/C16H29BO4/c1-15(2)16(3,4)21-17(20-15)13-11-9-7-6-8-10-12-14(18)19-5/h11,13H,6-10,12H2,1-5H3/b13-11+. The molecule has 0 aromatic carbocycles. The van der Waals surface area contributed by atoms with Gasteiger partial charge in [0.05, 0.1) is 18.3 Å². The highest BCUT2D eigenvalue weighted by Gasteiger charge is 2.49. The van der Waals surface area contributed by atoms with Gasteiger partial charge < -0.3 is 14.0 Å². The lowest BCUT2D eigenvalue weighted by molar-refractivity contribution is -0.140. The number of carbonyl (C=O) groups is 1. The number of allylic oxidation sites excluding steroid dienone is 1. The molecule has 0 saturated carbocycles. The third-order valence-electron chi connectivity index (χ3n) is 4.29. The van der Waals surface area contributed by atoms with Gasteiger partial charge in [-0.15, -0.1) is 0 Å². The number of hydrogen-bond donors (Lipinski definition) is 0. The van der Waals surface area contributed by atoms with Crippen LogP contribution in [0.3, 0.4) is 0 Å². The Bertz CT molecular complexity index is 347. The summed E-state index contributed by atoms with van der Waals surface area (Å²) >= 11 is 0. The van der Waals surface area contributed by atoms with Gasteiger partial charge in [0, 0.05) is 6.42 Å². The lowest BCUT2D eigenvalue weighted by Crippen LogP contribution is -2.41. The Kier molecular flexibility index (Phi) is 6.94. The molecule has 0 N–H and O–H groups in total. The first-order chi connectivity index (χ1) is 9.78. The molecule has 0 aromatic heterocycles. The number of carbonyl (C=O) groups excluding carboxylic acids is 1. The van der Waals surface area contributed by atoms with E-state index in [1.54, 1.807) is 0 Å². The highest BCUT2D eigenvalue weighted by molar-refractivity contribution is 6.51. The van der Waals surface area contributed by atoms with Crippen molar-refractivity contribution in [3.05, 3.63) is 12.1 Å². The summed E-state index contributed by atoms with van der Waals surface area (Å²) in [5, 5.41) is 0. The number of rotatable bonds is 8. The summed E-state index contributed by atoms with van der Waals surface area (Å²) in [5.74, 6) is 1.89. The van der Waals surface area contributed by atoms with E-state index in [-0.39, 0.29) is 24.3 Å². The minimum absolute atomic E-state index is 0.115. The number of methoxy groups -OCH3 is 1. The van der Waals surface area contributed by atoms with Gasteiger partial charge in [0.25, 0.3) is 0 Å². The van der Waals surface area contributed by atoms with Gasteiger partial charge in [-0.25, -0.2) is 0 Å². The summed E-state index contributed by atoms with van der Waals surface area (Å²) in [4.78, 5) is 10.9. The lowest BCUT2D eigenvalue weighted by atomic mass is 9.89. The molecule has 21 heavy (non-hydrogen) atoms. The van der Waals surface area contributed by atoms with Crippen molar-refractivity contribution >= 4 is 13.1 Å². The van der Waals surface area contributed by atoms with Crippen LogP contribution in [0.5, 0.6) is 0 Å². The van der Waals surface area contributed by atoms with Crippen LogP contribution >= 0.6 is 0 Å². The molecule has 0 bridgehead atoms. The van der Waals surface area contributed by atoms with Crippen LogP contribution in [0.4, 0.5) is 0 Å². The Balaban J connectivity index is 2.10. The van der Waals surface area contributed by atoms with E-state index in [1.807, 2.05) is 5.98 Å². The van der Waals surface area contributed by atoms with Crippen molar-refractivity contribution < 1.29 is 18.8 Å². The zero-order valence-corrected chi connectivity index (χ0v) is 14.1. The van der Waals surface area contributed by atoms with Gasteiger partial charge in [0.1, 0.15) is 0 Å². The highest BCUT2D eigenvalue weighted by atomic mass is 16.7.